The molecule has 52 heavy (non-hydrogen) atoms. The Morgan fingerprint density at radius 1 is 0.442 bits per heavy atom. The molecule has 10 aliphatic rings. The molecular weight excluding hydrogens is 722 g/mol. The zero-order valence-corrected chi connectivity index (χ0v) is 26.2. The van der Waals surface area contributed by atoms with E-state index in [9.17, 15) is 61.5 Å². The van der Waals surface area contributed by atoms with Crippen LogP contribution in [0.15, 0.2) is 97.7 Å². The number of halogens is 14. The first-order valence-electron chi connectivity index (χ1n) is 16.1. The van der Waals surface area contributed by atoms with Gasteiger partial charge in [-0.15, -0.1) is 0 Å². The van der Waals surface area contributed by atoms with E-state index in [4.69, 9.17) is 0 Å². The standard InChI is InChI=1S/2C9H8F4.C7H8.C5H6.C4H2F4.C2H2F2.2CH4/c2*10-8(11)6-4-1-2-5(3-4)7(6)9(8,12)13;1-2-7-4-3-6(1)5-7;1-2-4-5-3-1;5-3(6)1-2-4(3,7)8;1-2(3)4;;/h2*1-2,4-7H,3H2;1-4,6-7H,5H2;1-4H,5H2;1-2H;1H2;2*1H4. The molecule has 14 heteroatoms. The van der Waals surface area contributed by atoms with Crippen LogP contribution in [0.25, 0.3) is 0 Å². The van der Waals surface area contributed by atoms with E-state index in [1.807, 2.05) is 0 Å². The molecular formula is C38H42F14. The Bertz CT molecular complexity index is 1320. The van der Waals surface area contributed by atoms with E-state index in [2.05, 4.69) is 55.2 Å². The van der Waals surface area contributed by atoms with Gasteiger partial charge >= 0.3 is 35.5 Å². The average Bonchev–Trinajstić information content (AvgIpc) is 3.89. The minimum Gasteiger partial charge on any atom is -0.200 e. The molecule has 0 aliphatic heterocycles. The van der Waals surface area contributed by atoms with Crippen LogP contribution < -0.4 is 0 Å². The molecule has 292 valence electrons. The van der Waals surface area contributed by atoms with Crippen LogP contribution in [0.5, 0.6) is 0 Å². The Kier molecular flexibility index (Phi) is 12.5. The highest BCUT2D eigenvalue weighted by atomic mass is 19.3. The van der Waals surface area contributed by atoms with E-state index in [1.54, 1.807) is 24.3 Å². The molecule has 0 spiro atoms. The molecule has 0 radical (unpaired) electrons. The Morgan fingerprint density at radius 2 is 0.692 bits per heavy atom. The summed E-state index contributed by atoms with van der Waals surface area (Å²) in [5, 5.41) is 0. The Morgan fingerprint density at radius 3 is 0.827 bits per heavy atom. The summed E-state index contributed by atoms with van der Waals surface area (Å²) < 4.78 is 170. The molecule has 0 amide bonds. The lowest BCUT2D eigenvalue weighted by molar-refractivity contribution is -0.355. The van der Waals surface area contributed by atoms with Crippen molar-refractivity contribution >= 4 is 0 Å². The molecule has 0 saturated heterocycles. The van der Waals surface area contributed by atoms with Gasteiger partial charge in [-0.05, 0) is 79.9 Å². The second kappa shape index (κ2) is 15.0. The predicted molar refractivity (Wildman–Crippen MR) is 172 cm³/mol. The SMILES string of the molecule is C.C.C1=CC2C=CC1C2.C1=CCC=C1.C=C(F)F.FC1(F)C2C3C=CC(C3)C2C1(F)F.FC1(F)C2C3C=CC(C3)C2C1(F)F.FC1(F)C=CC1(F)F. The van der Waals surface area contributed by atoms with Gasteiger partial charge in [0.1, 0.15) is 0 Å². The van der Waals surface area contributed by atoms with Gasteiger partial charge in [0.05, 0.1) is 0 Å². The molecule has 0 nitrogen and oxygen atoms in total. The zero-order chi connectivity index (χ0) is 37.1. The van der Waals surface area contributed by atoms with Crippen LogP contribution in [0.4, 0.5) is 61.5 Å². The van der Waals surface area contributed by atoms with Crippen LogP contribution in [0.3, 0.4) is 0 Å². The van der Waals surface area contributed by atoms with E-state index >= 15 is 0 Å². The number of rotatable bonds is 0. The highest BCUT2D eigenvalue weighted by molar-refractivity contribution is 5.28. The summed E-state index contributed by atoms with van der Waals surface area (Å²) in [5.74, 6) is -26.8. The van der Waals surface area contributed by atoms with Crippen LogP contribution >= 0.6 is 0 Å². The first kappa shape index (κ1) is 43.3. The Labute approximate surface area is 294 Å². The fraction of sp³-hybridized carbons (Fsp3) is 0.579. The fourth-order valence-corrected chi connectivity index (χ4v) is 8.37. The largest absolute Gasteiger partial charge is 0.332 e. The summed E-state index contributed by atoms with van der Waals surface area (Å²) in [6, 6.07) is 0. The van der Waals surface area contributed by atoms with E-state index in [-0.39, 0.29) is 50.7 Å². The van der Waals surface area contributed by atoms with Gasteiger partial charge in [-0.25, -0.2) is 0 Å². The molecule has 0 aromatic rings. The number of fused-ring (bicyclic) bond motifs is 12. The molecule has 0 aromatic carbocycles. The van der Waals surface area contributed by atoms with Crippen molar-refractivity contribution < 1.29 is 61.5 Å². The van der Waals surface area contributed by atoms with E-state index in [1.165, 1.54) is 6.42 Å². The summed E-state index contributed by atoms with van der Waals surface area (Å²) in [4.78, 5) is 0. The van der Waals surface area contributed by atoms with Crippen LogP contribution in [-0.2, 0) is 0 Å². The smallest absolute Gasteiger partial charge is 0.200 e. The van der Waals surface area contributed by atoms with Gasteiger partial charge in [-0.1, -0.05) is 87.8 Å². The Balaban J connectivity index is 0.000000175. The molecule has 8 atom stereocenters. The molecule has 0 heterocycles. The Hall–Kier alpha value is -3.06. The summed E-state index contributed by atoms with van der Waals surface area (Å²) in [6.07, 6.45) is 26.3. The van der Waals surface area contributed by atoms with Crippen molar-refractivity contribution in [1.82, 2.24) is 0 Å². The third-order valence-electron chi connectivity index (χ3n) is 10.8. The second-order valence-electron chi connectivity index (χ2n) is 13.8. The molecule has 6 bridgehead atoms. The van der Waals surface area contributed by atoms with Crippen LogP contribution in [-0.4, -0.2) is 35.5 Å². The van der Waals surface area contributed by atoms with Gasteiger partial charge in [0, 0.05) is 23.7 Å². The minimum absolute atomic E-state index is 0. The number of allylic oxidation sites excluding steroid dienone is 14. The summed E-state index contributed by atoms with van der Waals surface area (Å²) in [6.45, 7) is 2.22. The third kappa shape index (κ3) is 7.37. The van der Waals surface area contributed by atoms with Gasteiger partial charge in [0.15, 0.2) is 0 Å². The van der Waals surface area contributed by atoms with Crippen LogP contribution in [0.2, 0.25) is 0 Å². The topological polar surface area (TPSA) is 0 Å². The lowest BCUT2D eigenvalue weighted by Crippen LogP contribution is -2.67. The van der Waals surface area contributed by atoms with Gasteiger partial charge in [-0.2, -0.15) is 61.5 Å². The van der Waals surface area contributed by atoms with Gasteiger partial charge in [0.2, 0.25) is 0 Å². The number of hydrogen-bond donors (Lipinski definition) is 0. The number of alkyl halides is 12. The first-order valence-corrected chi connectivity index (χ1v) is 16.1. The highest BCUT2D eigenvalue weighted by Crippen LogP contribution is 2.72. The van der Waals surface area contributed by atoms with E-state index < -0.39 is 65.3 Å². The van der Waals surface area contributed by atoms with E-state index in [0.29, 0.717) is 12.8 Å². The maximum Gasteiger partial charge on any atom is 0.332 e. The van der Waals surface area contributed by atoms with Crippen molar-refractivity contribution in [3.63, 3.8) is 0 Å². The monoisotopic (exact) mass is 764 g/mol. The average molecular weight is 765 g/mol. The van der Waals surface area contributed by atoms with Crippen molar-refractivity contribution in [3.05, 3.63) is 97.7 Å². The lowest BCUT2D eigenvalue weighted by atomic mass is 9.61. The zero-order valence-electron chi connectivity index (χ0n) is 26.2. The summed E-state index contributed by atoms with van der Waals surface area (Å²) in [7, 11) is 0. The normalized spacial score (nSPS) is 39.2. The quantitative estimate of drug-likeness (QED) is 0.170. The van der Waals surface area contributed by atoms with Crippen molar-refractivity contribution in [3.8, 4) is 0 Å². The van der Waals surface area contributed by atoms with Gasteiger partial charge < -0.3 is 0 Å². The maximum atomic E-state index is 12.9. The summed E-state index contributed by atoms with van der Waals surface area (Å²) in [5.41, 5.74) is 0. The van der Waals surface area contributed by atoms with Crippen molar-refractivity contribution in [1.29, 1.82) is 0 Å². The number of hydrogen-bond acceptors (Lipinski definition) is 0. The van der Waals surface area contributed by atoms with Crippen molar-refractivity contribution in [2.45, 2.75) is 76.1 Å². The second-order valence-corrected chi connectivity index (χ2v) is 13.8. The van der Waals surface area contributed by atoms with Crippen molar-refractivity contribution in [2.24, 2.45) is 59.2 Å². The lowest BCUT2D eigenvalue weighted by Gasteiger charge is -2.51. The predicted octanol–water partition coefficient (Wildman–Crippen LogP) is 13.2. The van der Waals surface area contributed by atoms with Gasteiger partial charge in [0.25, 0.3) is 6.08 Å². The molecule has 4 fully saturated rings. The molecule has 10 rings (SSSR count). The van der Waals surface area contributed by atoms with Gasteiger partial charge in [-0.3, -0.25) is 0 Å². The van der Waals surface area contributed by atoms with Crippen LogP contribution in [0, 0.1) is 59.2 Å². The van der Waals surface area contributed by atoms with Crippen LogP contribution in [0.1, 0.15) is 40.5 Å². The third-order valence-corrected chi connectivity index (χ3v) is 10.8. The van der Waals surface area contributed by atoms with Crippen molar-refractivity contribution in [2.75, 3.05) is 0 Å². The minimum atomic E-state index is -3.90. The molecule has 8 unspecified atom stereocenters. The summed E-state index contributed by atoms with van der Waals surface area (Å²) >= 11 is 0. The molecule has 10 aliphatic carbocycles. The molecule has 4 saturated carbocycles. The van der Waals surface area contributed by atoms with E-state index in [0.717, 1.165) is 18.3 Å². The molecule has 0 N–H and O–H groups in total. The maximum absolute atomic E-state index is 12.9. The molecule has 0 aromatic heterocycles. The first-order chi connectivity index (χ1) is 23.1. The highest BCUT2D eigenvalue weighted by Gasteiger charge is 2.84. The fourth-order valence-electron chi connectivity index (χ4n) is 8.37.